The van der Waals surface area contributed by atoms with Gasteiger partial charge in [-0.25, -0.2) is 8.42 Å². The number of ether oxygens (including phenoxy) is 1. The Balaban J connectivity index is 1.45. The predicted molar refractivity (Wildman–Crippen MR) is 125 cm³/mol. The molecule has 0 radical (unpaired) electrons. The molecule has 0 N–H and O–H groups in total. The first-order valence-electron chi connectivity index (χ1n) is 12.2. The van der Waals surface area contributed by atoms with Crippen LogP contribution in [0, 0.1) is 5.92 Å². The molecule has 1 aromatic carbocycles. The molecule has 0 atom stereocenters. The van der Waals surface area contributed by atoms with Crippen LogP contribution in [0.1, 0.15) is 61.7 Å². The first-order valence-corrected chi connectivity index (χ1v) is 13.6. The lowest BCUT2D eigenvalue weighted by atomic mass is 9.89. The summed E-state index contributed by atoms with van der Waals surface area (Å²) in [6, 6.07) is 4.82. The number of carbonyl (C=O) groups is 1. The number of hydrogen-bond donors (Lipinski definition) is 0. The van der Waals surface area contributed by atoms with Crippen LogP contribution in [0.15, 0.2) is 23.1 Å². The van der Waals surface area contributed by atoms with E-state index in [0.29, 0.717) is 37.5 Å². The van der Waals surface area contributed by atoms with Gasteiger partial charge in [0.2, 0.25) is 10.0 Å². The van der Waals surface area contributed by atoms with Gasteiger partial charge in [-0.15, -0.1) is 0 Å². The summed E-state index contributed by atoms with van der Waals surface area (Å²) in [7, 11) is -2.20. The van der Waals surface area contributed by atoms with Crippen molar-refractivity contribution >= 4 is 15.9 Å². The summed E-state index contributed by atoms with van der Waals surface area (Å²) in [6.45, 7) is 5.49. The lowest BCUT2D eigenvalue weighted by Crippen LogP contribution is -2.37. The minimum Gasteiger partial charge on any atom is -0.495 e. The molecule has 3 aliphatic rings. The highest BCUT2D eigenvalue weighted by Gasteiger charge is 2.31. The van der Waals surface area contributed by atoms with E-state index in [2.05, 4.69) is 4.90 Å². The lowest BCUT2D eigenvalue weighted by Gasteiger charge is -2.28. The molecule has 1 aliphatic carbocycles. The van der Waals surface area contributed by atoms with Gasteiger partial charge < -0.3 is 14.5 Å². The first kappa shape index (κ1) is 23.5. The molecule has 0 unspecified atom stereocenters. The number of hydrogen-bond acceptors (Lipinski definition) is 5. The summed E-state index contributed by atoms with van der Waals surface area (Å²) >= 11 is 0. The third-order valence-corrected chi connectivity index (χ3v) is 9.13. The monoisotopic (exact) mass is 463 g/mol. The molecule has 3 fully saturated rings. The second-order valence-corrected chi connectivity index (χ2v) is 11.3. The molecule has 1 saturated carbocycles. The van der Waals surface area contributed by atoms with E-state index in [-0.39, 0.29) is 10.8 Å². The van der Waals surface area contributed by atoms with Crippen molar-refractivity contribution in [2.45, 2.75) is 56.3 Å². The highest BCUT2D eigenvalue weighted by Crippen LogP contribution is 2.30. The summed E-state index contributed by atoms with van der Waals surface area (Å²) in [6.07, 6.45) is 9.42. The summed E-state index contributed by atoms with van der Waals surface area (Å²) in [5.74, 6) is 0.999. The van der Waals surface area contributed by atoms with Crippen molar-refractivity contribution < 1.29 is 17.9 Å². The zero-order valence-electron chi connectivity index (χ0n) is 19.3. The Morgan fingerprint density at radius 1 is 0.938 bits per heavy atom. The van der Waals surface area contributed by atoms with Crippen molar-refractivity contribution in [3.8, 4) is 5.75 Å². The van der Waals surface area contributed by atoms with Crippen molar-refractivity contribution in [2.24, 2.45) is 5.92 Å². The van der Waals surface area contributed by atoms with E-state index < -0.39 is 10.0 Å². The summed E-state index contributed by atoms with van der Waals surface area (Å²) in [5, 5.41) is 0. The highest BCUT2D eigenvalue weighted by atomic mass is 32.2. The van der Waals surface area contributed by atoms with Crippen LogP contribution in [0.2, 0.25) is 0 Å². The van der Waals surface area contributed by atoms with E-state index in [4.69, 9.17) is 4.74 Å². The van der Waals surface area contributed by atoms with E-state index >= 15 is 0 Å². The van der Waals surface area contributed by atoms with Crippen molar-refractivity contribution in [3.05, 3.63) is 23.8 Å². The average molecular weight is 464 g/mol. The van der Waals surface area contributed by atoms with Crippen LogP contribution < -0.4 is 4.74 Å². The topological polar surface area (TPSA) is 70.2 Å². The molecule has 0 bridgehead atoms. The summed E-state index contributed by atoms with van der Waals surface area (Å²) < 4.78 is 33.2. The van der Waals surface area contributed by atoms with Crippen molar-refractivity contribution in [3.63, 3.8) is 0 Å². The van der Waals surface area contributed by atoms with Crippen LogP contribution in [-0.4, -0.2) is 81.4 Å². The normalized spacial score (nSPS) is 22.1. The standard InChI is InChI=1S/C24H37N3O4S/c1-31-22-11-10-21(18-23(22)32(29,30)27-14-5-6-15-27)24(28)26-13-7-12-25(16-17-26)19-20-8-3-2-4-9-20/h10-11,18,20H,2-9,12-17,19H2,1H3. The van der Waals surface area contributed by atoms with E-state index in [1.807, 2.05) is 4.90 Å². The molecule has 2 heterocycles. The third-order valence-electron chi connectivity index (χ3n) is 7.21. The number of sulfonamides is 1. The van der Waals surface area contributed by atoms with Crippen molar-refractivity contribution in [1.29, 1.82) is 0 Å². The van der Waals surface area contributed by atoms with Gasteiger partial charge in [-0.05, 0) is 62.8 Å². The number of methoxy groups -OCH3 is 1. The molecule has 0 spiro atoms. The predicted octanol–water partition coefficient (Wildman–Crippen LogP) is 3.21. The number of benzene rings is 1. The maximum atomic E-state index is 13.3. The molecular weight excluding hydrogens is 426 g/mol. The van der Waals surface area contributed by atoms with Crippen molar-refractivity contribution in [2.75, 3.05) is 52.9 Å². The zero-order chi connectivity index (χ0) is 22.6. The highest BCUT2D eigenvalue weighted by molar-refractivity contribution is 7.89. The van der Waals surface area contributed by atoms with Gasteiger partial charge in [0.25, 0.3) is 5.91 Å². The number of nitrogens with zero attached hydrogens (tertiary/aromatic N) is 3. The van der Waals surface area contributed by atoms with Crippen LogP contribution in [-0.2, 0) is 10.0 Å². The first-order chi connectivity index (χ1) is 15.5. The summed E-state index contributed by atoms with van der Waals surface area (Å²) in [5.41, 5.74) is 0.421. The van der Waals surface area contributed by atoms with E-state index in [0.717, 1.165) is 44.8 Å². The Hall–Kier alpha value is -1.64. The van der Waals surface area contributed by atoms with Gasteiger partial charge in [-0.3, -0.25) is 4.79 Å². The smallest absolute Gasteiger partial charge is 0.253 e. The number of amides is 1. The average Bonchev–Trinajstić information content (AvgIpc) is 3.27. The Bertz CT molecular complexity index is 893. The van der Waals surface area contributed by atoms with Gasteiger partial charge in [-0.1, -0.05) is 19.3 Å². The fourth-order valence-corrected chi connectivity index (χ4v) is 7.05. The Labute approximate surface area is 192 Å². The lowest BCUT2D eigenvalue weighted by molar-refractivity contribution is 0.0759. The van der Waals surface area contributed by atoms with E-state index in [1.165, 1.54) is 49.6 Å². The molecule has 178 valence electrons. The molecule has 1 aromatic rings. The SMILES string of the molecule is COc1ccc(C(=O)N2CCCN(CC3CCCCC3)CC2)cc1S(=O)(=O)N1CCCC1. The molecule has 7 nitrogen and oxygen atoms in total. The fourth-order valence-electron chi connectivity index (χ4n) is 5.35. The van der Waals surface area contributed by atoms with Gasteiger partial charge in [0.1, 0.15) is 10.6 Å². The molecule has 0 aromatic heterocycles. The Kier molecular flexibility index (Phi) is 7.74. The van der Waals surface area contributed by atoms with Crippen LogP contribution in [0.25, 0.3) is 0 Å². The maximum absolute atomic E-state index is 13.3. The molecular formula is C24H37N3O4S. The second-order valence-electron chi connectivity index (χ2n) is 9.43. The van der Waals surface area contributed by atoms with Crippen LogP contribution in [0.4, 0.5) is 0 Å². The van der Waals surface area contributed by atoms with E-state index in [1.54, 1.807) is 12.1 Å². The minimum absolute atomic E-state index is 0.0926. The molecule has 4 rings (SSSR count). The summed E-state index contributed by atoms with van der Waals surface area (Å²) in [4.78, 5) is 17.8. The fraction of sp³-hybridized carbons (Fsp3) is 0.708. The number of carbonyl (C=O) groups excluding carboxylic acids is 1. The Morgan fingerprint density at radius 3 is 2.41 bits per heavy atom. The van der Waals surface area contributed by atoms with Gasteiger partial charge >= 0.3 is 0 Å². The molecule has 8 heteroatoms. The maximum Gasteiger partial charge on any atom is 0.253 e. The number of rotatable bonds is 6. The van der Waals surface area contributed by atoms with Crippen LogP contribution >= 0.6 is 0 Å². The van der Waals surface area contributed by atoms with Gasteiger partial charge in [-0.2, -0.15) is 4.31 Å². The minimum atomic E-state index is -3.67. The largest absolute Gasteiger partial charge is 0.495 e. The zero-order valence-corrected chi connectivity index (χ0v) is 20.1. The van der Waals surface area contributed by atoms with Crippen molar-refractivity contribution in [1.82, 2.24) is 14.1 Å². The quantitative estimate of drug-likeness (QED) is 0.648. The Morgan fingerprint density at radius 2 is 1.69 bits per heavy atom. The van der Waals surface area contributed by atoms with Gasteiger partial charge in [0.05, 0.1) is 7.11 Å². The molecule has 2 saturated heterocycles. The van der Waals surface area contributed by atoms with Crippen LogP contribution in [0.5, 0.6) is 5.75 Å². The van der Waals surface area contributed by atoms with Crippen LogP contribution in [0.3, 0.4) is 0 Å². The molecule has 2 aliphatic heterocycles. The van der Waals surface area contributed by atoms with E-state index in [9.17, 15) is 13.2 Å². The second kappa shape index (κ2) is 10.5. The van der Waals surface area contributed by atoms with Gasteiger partial charge in [0, 0.05) is 44.8 Å². The van der Waals surface area contributed by atoms with Gasteiger partial charge in [0.15, 0.2) is 0 Å². The molecule has 1 amide bonds. The third kappa shape index (κ3) is 5.29. The molecule has 32 heavy (non-hydrogen) atoms.